The Labute approximate surface area is 207 Å². The largest absolute Gasteiger partial charge is 0.487 e. The molecule has 0 bridgehead atoms. The molecule has 0 aliphatic carbocycles. The van der Waals surface area contributed by atoms with Crippen LogP contribution in [0, 0.1) is 10.1 Å². The Kier molecular flexibility index (Phi) is 6.50. The molecule has 0 saturated heterocycles. The Balaban J connectivity index is 1.59. The molecule has 1 aliphatic heterocycles. The van der Waals surface area contributed by atoms with Gasteiger partial charge in [0.1, 0.15) is 12.4 Å². The molecule has 0 saturated carbocycles. The van der Waals surface area contributed by atoms with Crippen molar-refractivity contribution < 1.29 is 27.6 Å². The van der Waals surface area contributed by atoms with Crippen molar-refractivity contribution in [2.75, 3.05) is 5.32 Å². The number of nitrogens with one attached hydrogen (secondary N) is 1. The quantitative estimate of drug-likeness (QED) is 0.191. The Bertz CT molecular complexity index is 1330. The smallest absolute Gasteiger partial charge is 0.416 e. The van der Waals surface area contributed by atoms with Crippen molar-refractivity contribution in [1.29, 1.82) is 0 Å². The van der Waals surface area contributed by atoms with Crippen LogP contribution in [0.2, 0.25) is 0 Å². The lowest BCUT2D eigenvalue weighted by atomic mass is 10.0. The van der Waals surface area contributed by atoms with Crippen LogP contribution in [-0.4, -0.2) is 10.8 Å². The van der Waals surface area contributed by atoms with Crippen molar-refractivity contribution in [3.05, 3.63) is 95.9 Å². The molecule has 6 nitrogen and oxygen atoms in total. The lowest BCUT2D eigenvalue weighted by Crippen LogP contribution is -2.06. The SMILES string of the molecule is O=C1Nc2cc(C(F)(F)F)ccc2/C1=C/c1cc(Br)c(OCc2cccc([N+](=O)[O-])c2)c(Br)c1. The first-order valence-electron chi connectivity index (χ1n) is 9.63. The van der Waals surface area contributed by atoms with Gasteiger partial charge < -0.3 is 10.1 Å². The molecule has 0 radical (unpaired) electrons. The highest BCUT2D eigenvalue weighted by molar-refractivity contribution is 9.11. The highest BCUT2D eigenvalue weighted by Gasteiger charge is 2.33. The number of nitro benzene ring substituents is 1. The number of nitro groups is 1. The third-order valence-corrected chi connectivity index (χ3v) is 6.14. The van der Waals surface area contributed by atoms with Gasteiger partial charge in [0.15, 0.2) is 0 Å². The number of non-ortho nitro benzene ring substituents is 1. The zero-order valence-electron chi connectivity index (χ0n) is 17.0. The minimum atomic E-state index is -4.51. The van der Waals surface area contributed by atoms with Crippen molar-refractivity contribution in [2.24, 2.45) is 0 Å². The van der Waals surface area contributed by atoms with Gasteiger partial charge >= 0.3 is 6.18 Å². The number of rotatable bonds is 5. The predicted molar refractivity (Wildman–Crippen MR) is 127 cm³/mol. The van der Waals surface area contributed by atoms with Gasteiger partial charge in [-0.2, -0.15) is 13.2 Å². The topological polar surface area (TPSA) is 81.5 Å². The van der Waals surface area contributed by atoms with E-state index in [1.165, 1.54) is 18.2 Å². The Morgan fingerprint density at radius 1 is 1.06 bits per heavy atom. The highest BCUT2D eigenvalue weighted by atomic mass is 79.9. The Hall–Kier alpha value is -3.18. The summed E-state index contributed by atoms with van der Waals surface area (Å²) in [6, 6.07) is 12.6. The standard InChI is InChI=1S/C23H13Br2F3N2O4/c24-18-8-13(7-17-16-5-4-14(23(26,27)28)10-20(16)29-22(17)31)9-19(25)21(18)34-11-12-2-1-3-15(6-12)30(32)33/h1-10H,11H2,(H,29,31)/b17-7-. The van der Waals surface area contributed by atoms with Gasteiger partial charge in [0.25, 0.3) is 11.6 Å². The summed E-state index contributed by atoms with van der Waals surface area (Å²) in [6.45, 7) is 0.0800. The summed E-state index contributed by atoms with van der Waals surface area (Å²) in [5.74, 6) is -0.0627. The number of benzene rings is 3. The van der Waals surface area contributed by atoms with Gasteiger partial charge in [0.2, 0.25) is 0 Å². The van der Waals surface area contributed by atoms with E-state index >= 15 is 0 Å². The van der Waals surface area contributed by atoms with Gasteiger partial charge in [0, 0.05) is 29.0 Å². The normalized spacial score (nSPS) is 14.1. The monoisotopic (exact) mass is 596 g/mol. The molecule has 0 unspecified atom stereocenters. The molecule has 1 N–H and O–H groups in total. The molecule has 0 aromatic heterocycles. The second-order valence-corrected chi connectivity index (χ2v) is 9.01. The Morgan fingerprint density at radius 3 is 2.41 bits per heavy atom. The second-order valence-electron chi connectivity index (χ2n) is 7.30. The van der Waals surface area contributed by atoms with Crippen LogP contribution in [0.25, 0.3) is 11.6 Å². The fraction of sp³-hybridized carbons (Fsp3) is 0.0870. The molecule has 34 heavy (non-hydrogen) atoms. The van der Waals surface area contributed by atoms with Gasteiger partial charge in [-0.25, -0.2) is 0 Å². The zero-order valence-corrected chi connectivity index (χ0v) is 20.1. The molecule has 0 spiro atoms. The number of ether oxygens (including phenoxy) is 1. The van der Waals surface area contributed by atoms with Crippen LogP contribution in [0.15, 0.2) is 63.5 Å². The van der Waals surface area contributed by atoms with Crippen molar-refractivity contribution in [3.63, 3.8) is 0 Å². The third-order valence-electron chi connectivity index (χ3n) is 4.97. The molecule has 1 aliphatic rings. The van der Waals surface area contributed by atoms with Gasteiger partial charge in [-0.05, 0) is 73.3 Å². The summed E-state index contributed by atoms with van der Waals surface area (Å²) < 4.78 is 45.8. The molecule has 0 fully saturated rings. The van der Waals surface area contributed by atoms with Gasteiger partial charge in [0.05, 0.1) is 19.4 Å². The molecule has 4 rings (SSSR count). The van der Waals surface area contributed by atoms with E-state index in [9.17, 15) is 28.1 Å². The van der Waals surface area contributed by atoms with Crippen molar-refractivity contribution >= 4 is 60.8 Å². The number of hydrogen-bond acceptors (Lipinski definition) is 4. The maximum Gasteiger partial charge on any atom is 0.416 e. The number of anilines is 1. The predicted octanol–water partition coefficient (Wildman–Crippen LogP) is 7.21. The second kappa shape index (κ2) is 9.22. The molecule has 174 valence electrons. The van der Waals surface area contributed by atoms with Crippen molar-refractivity contribution in [2.45, 2.75) is 12.8 Å². The summed E-state index contributed by atoms with van der Waals surface area (Å²) in [7, 11) is 0. The van der Waals surface area contributed by atoms with Gasteiger partial charge in [-0.3, -0.25) is 14.9 Å². The lowest BCUT2D eigenvalue weighted by Gasteiger charge is -2.12. The first-order valence-corrected chi connectivity index (χ1v) is 11.2. The minimum absolute atomic E-state index is 0.0429. The molecule has 1 heterocycles. The number of carbonyl (C=O) groups excluding carboxylic acids is 1. The van der Waals surface area contributed by atoms with Crippen LogP contribution in [0.1, 0.15) is 22.3 Å². The first kappa shape index (κ1) is 24.0. The fourth-order valence-corrected chi connectivity index (χ4v) is 4.85. The maximum absolute atomic E-state index is 13.0. The highest BCUT2D eigenvalue weighted by Crippen LogP contribution is 2.40. The van der Waals surface area contributed by atoms with E-state index in [2.05, 4.69) is 37.2 Å². The molecule has 11 heteroatoms. The van der Waals surface area contributed by atoms with E-state index in [0.717, 1.165) is 12.1 Å². The number of amides is 1. The lowest BCUT2D eigenvalue weighted by molar-refractivity contribution is -0.384. The van der Waals surface area contributed by atoms with E-state index in [1.807, 2.05) is 0 Å². The summed E-state index contributed by atoms with van der Waals surface area (Å²) in [5, 5.41) is 13.4. The van der Waals surface area contributed by atoms with Gasteiger partial charge in [-0.15, -0.1) is 0 Å². The summed E-state index contributed by atoms with van der Waals surface area (Å²) >= 11 is 6.84. The van der Waals surface area contributed by atoms with Crippen LogP contribution in [0.5, 0.6) is 5.75 Å². The first-order chi connectivity index (χ1) is 16.0. The molecule has 3 aromatic carbocycles. The maximum atomic E-state index is 13.0. The van der Waals surface area contributed by atoms with Crippen LogP contribution in [0.3, 0.4) is 0 Å². The number of carbonyl (C=O) groups is 1. The average molecular weight is 598 g/mol. The number of fused-ring (bicyclic) bond motifs is 1. The molecule has 3 aromatic rings. The van der Waals surface area contributed by atoms with E-state index in [4.69, 9.17) is 4.74 Å². The number of nitrogens with zero attached hydrogens (tertiary/aromatic N) is 1. The number of halogens is 5. The number of alkyl halides is 3. The summed E-state index contributed by atoms with van der Waals surface area (Å²) in [4.78, 5) is 22.9. The van der Waals surface area contributed by atoms with Crippen molar-refractivity contribution in [3.8, 4) is 5.75 Å². The summed E-state index contributed by atoms with van der Waals surface area (Å²) in [6.07, 6.45) is -2.95. The van der Waals surface area contributed by atoms with Crippen LogP contribution < -0.4 is 10.1 Å². The molecule has 0 atom stereocenters. The molecular weight excluding hydrogens is 585 g/mol. The minimum Gasteiger partial charge on any atom is -0.487 e. The third kappa shape index (κ3) is 5.00. The average Bonchev–Trinajstić information content (AvgIpc) is 3.07. The van der Waals surface area contributed by atoms with E-state index in [0.29, 0.717) is 31.4 Å². The Morgan fingerprint density at radius 2 is 1.76 bits per heavy atom. The van der Waals surface area contributed by atoms with E-state index in [1.54, 1.807) is 30.3 Å². The van der Waals surface area contributed by atoms with Crippen LogP contribution >= 0.6 is 31.9 Å². The zero-order chi connectivity index (χ0) is 24.6. The van der Waals surface area contributed by atoms with Crippen LogP contribution in [0.4, 0.5) is 24.5 Å². The van der Waals surface area contributed by atoms with Gasteiger partial charge in [-0.1, -0.05) is 18.2 Å². The molecule has 1 amide bonds. The van der Waals surface area contributed by atoms with Crippen LogP contribution in [-0.2, 0) is 17.6 Å². The van der Waals surface area contributed by atoms with E-state index in [-0.39, 0.29) is 23.6 Å². The van der Waals surface area contributed by atoms with E-state index < -0.39 is 22.6 Å². The fourth-order valence-electron chi connectivity index (χ4n) is 3.40. The number of hydrogen-bond donors (Lipinski definition) is 1. The summed E-state index contributed by atoms with van der Waals surface area (Å²) in [5.41, 5.74) is 1.02. The van der Waals surface area contributed by atoms with Crippen molar-refractivity contribution in [1.82, 2.24) is 0 Å². The molecular formula is C23H13Br2F3N2O4.